The highest BCUT2D eigenvalue weighted by atomic mass is 14.9. The van der Waals surface area contributed by atoms with Crippen LogP contribution in [-0.2, 0) is 10.8 Å². The molecule has 3 heteroatoms. The van der Waals surface area contributed by atoms with E-state index in [9.17, 15) is 0 Å². The summed E-state index contributed by atoms with van der Waals surface area (Å²) in [7, 11) is 0. The van der Waals surface area contributed by atoms with Crippen molar-refractivity contribution in [3.05, 3.63) is 186 Å². The molecular weight excluding hydrogens is 655 g/mol. The van der Waals surface area contributed by atoms with Gasteiger partial charge in [0.1, 0.15) is 0 Å². The quantitative estimate of drug-likeness (QED) is 0.180. The molecule has 54 heavy (non-hydrogen) atoms. The Labute approximate surface area is 317 Å². The first-order valence-corrected chi connectivity index (χ1v) is 18.8. The van der Waals surface area contributed by atoms with Crippen LogP contribution in [0.2, 0.25) is 0 Å². The number of hydrogen-bond donors (Lipinski definition) is 0. The Morgan fingerprint density at radius 1 is 0.352 bits per heavy atom. The Hall–Kier alpha value is -6.45. The zero-order valence-electron chi connectivity index (χ0n) is 30.9. The van der Waals surface area contributed by atoms with E-state index < -0.39 is 0 Å². The molecule has 2 aliphatic carbocycles. The SMILES string of the molecule is CC1(C)c2ccccc2-c2ccc(-c3cc(-c4ccc(-c5cccnc5-c5ccc6c(c5)C(C)(C)c5ccccc5-6)cc4)nc(-c4ccccc4)n3)cc21. The first-order valence-electron chi connectivity index (χ1n) is 18.8. The molecular formula is C51H39N3. The van der Waals surface area contributed by atoms with Crippen molar-refractivity contribution in [1.29, 1.82) is 0 Å². The van der Waals surface area contributed by atoms with Crippen molar-refractivity contribution in [3.8, 4) is 78.5 Å². The molecule has 6 aromatic carbocycles. The predicted molar refractivity (Wildman–Crippen MR) is 222 cm³/mol. The van der Waals surface area contributed by atoms with Gasteiger partial charge >= 0.3 is 0 Å². The van der Waals surface area contributed by atoms with Gasteiger partial charge in [-0.1, -0.05) is 161 Å². The molecule has 0 saturated heterocycles. The third-order valence-electron chi connectivity index (χ3n) is 11.8. The van der Waals surface area contributed by atoms with Gasteiger partial charge in [0, 0.05) is 44.8 Å². The smallest absolute Gasteiger partial charge is 0.160 e. The van der Waals surface area contributed by atoms with E-state index in [2.05, 4.69) is 161 Å². The van der Waals surface area contributed by atoms with Crippen LogP contribution in [0, 0.1) is 0 Å². The zero-order chi connectivity index (χ0) is 36.6. The van der Waals surface area contributed by atoms with E-state index in [1.54, 1.807) is 0 Å². The Kier molecular flexibility index (Phi) is 7.19. The number of pyridine rings is 1. The molecule has 0 fully saturated rings. The molecule has 0 saturated carbocycles. The summed E-state index contributed by atoms with van der Waals surface area (Å²) >= 11 is 0. The van der Waals surface area contributed by atoms with Crippen LogP contribution in [0.25, 0.3) is 78.5 Å². The van der Waals surface area contributed by atoms with Crippen LogP contribution in [0.3, 0.4) is 0 Å². The van der Waals surface area contributed by atoms with E-state index in [1.807, 2.05) is 30.5 Å². The van der Waals surface area contributed by atoms with Gasteiger partial charge in [-0.25, -0.2) is 9.97 Å². The summed E-state index contributed by atoms with van der Waals surface area (Å²) in [5, 5.41) is 0. The lowest BCUT2D eigenvalue weighted by atomic mass is 9.81. The van der Waals surface area contributed by atoms with E-state index in [0.717, 1.165) is 50.5 Å². The van der Waals surface area contributed by atoms with Crippen molar-refractivity contribution in [2.24, 2.45) is 0 Å². The summed E-state index contributed by atoms with van der Waals surface area (Å²) in [5.41, 5.74) is 19.8. The van der Waals surface area contributed by atoms with Crippen LogP contribution < -0.4 is 0 Å². The van der Waals surface area contributed by atoms with Gasteiger partial charge in [0.25, 0.3) is 0 Å². The summed E-state index contributed by atoms with van der Waals surface area (Å²) in [5.74, 6) is 0.714. The molecule has 10 rings (SSSR count). The molecule has 2 aromatic heterocycles. The third-order valence-corrected chi connectivity index (χ3v) is 11.8. The fourth-order valence-electron chi connectivity index (χ4n) is 8.86. The van der Waals surface area contributed by atoms with Crippen LogP contribution in [-0.4, -0.2) is 15.0 Å². The topological polar surface area (TPSA) is 38.7 Å². The van der Waals surface area contributed by atoms with Crippen molar-refractivity contribution in [3.63, 3.8) is 0 Å². The fraction of sp³-hybridized carbons (Fsp3) is 0.118. The summed E-state index contributed by atoms with van der Waals surface area (Å²) in [6.45, 7) is 9.29. The minimum absolute atomic E-state index is 0.0749. The maximum atomic E-state index is 5.16. The summed E-state index contributed by atoms with van der Waals surface area (Å²) in [6.07, 6.45) is 1.90. The molecule has 8 aromatic rings. The lowest BCUT2D eigenvalue weighted by molar-refractivity contribution is 0.660. The molecule has 2 aliphatic rings. The normalized spacial score (nSPS) is 14.2. The van der Waals surface area contributed by atoms with Gasteiger partial charge in [-0.15, -0.1) is 0 Å². The highest BCUT2D eigenvalue weighted by Crippen LogP contribution is 2.51. The minimum atomic E-state index is -0.0952. The Morgan fingerprint density at radius 2 is 0.833 bits per heavy atom. The average Bonchev–Trinajstić information content (AvgIpc) is 3.60. The van der Waals surface area contributed by atoms with E-state index in [-0.39, 0.29) is 10.8 Å². The van der Waals surface area contributed by atoms with Gasteiger partial charge in [-0.2, -0.15) is 0 Å². The molecule has 0 atom stereocenters. The Balaban J connectivity index is 1.04. The van der Waals surface area contributed by atoms with E-state index >= 15 is 0 Å². The number of benzene rings is 6. The monoisotopic (exact) mass is 693 g/mol. The number of hydrogen-bond acceptors (Lipinski definition) is 3. The molecule has 0 bridgehead atoms. The predicted octanol–water partition coefficient (Wildman–Crippen LogP) is 12.8. The lowest BCUT2D eigenvalue weighted by Crippen LogP contribution is -2.14. The van der Waals surface area contributed by atoms with Crippen LogP contribution in [0.5, 0.6) is 0 Å². The maximum Gasteiger partial charge on any atom is 0.160 e. The maximum absolute atomic E-state index is 5.16. The number of aromatic nitrogens is 3. The molecule has 0 aliphatic heterocycles. The second-order valence-electron chi connectivity index (χ2n) is 15.7. The van der Waals surface area contributed by atoms with Crippen molar-refractivity contribution in [1.82, 2.24) is 15.0 Å². The Bertz CT molecular complexity index is 2760. The van der Waals surface area contributed by atoms with E-state index in [0.29, 0.717) is 5.82 Å². The van der Waals surface area contributed by atoms with Gasteiger partial charge < -0.3 is 0 Å². The van der Waals surface area contributed by atoms with Gasteiger partial charge in [0.2, 0.25) is 0 Å². The number of rotatable bonds is 5. The lowest BCUT2D eigenvalue weighted by Gasteiger charge is -2.22. The third kappa shape index (κ3) is 4.99. The van der Waals surface area contributed by atoms with E-state index in [4.69, 9.17) is 15.0 Å². The Morgan fingerprint density at radius 3 is 1.48 bits per heavy atom. The molecule has 2 heterocycles. The second-order valence-corrected chi connectivity index (χ2v) is 15.7. The van der Waals surface area contributed by atoms with Gasteiger partial charge in [0.05, 0.1) is 17.1 Å². The zero-order valence-corrected chi connectivity index (χ0v) is 30.9. The van der Waals surface area contributed by atoms with Crippen LogP contribution in [0.15, 0.2) is 164 Å². The molecule has 0 amide bonds. The van der Waals surface area contributed by atoms with Gasteiger partial charge in [-0.3, -0.25) is 4.98 Å². The number of nitrogens with zero attached hydrogens (tertiary/aromatic N) is 3. The van der Waals surface area contributed by atoms with Crippen LogP contribution >= 0.6 is 0 Å². The first kappa shape index (κ1) is 32.2. The van der Waals surface area contributed by atoms with Crippen molar-refractivity contribution in [2.45, 2.75) is 38.5 Å². The van der Waals surface area contributed by atoms with Gasteiger partial charge in [0.15, 0.2) is 5.82 Å². The minimum Gasteiger partial charge on any atom is -0.256 e. The van der Waals surface area contributed by atoms with Crippen molar-refractivity contribution in [2.75, 3.05) is 0 Å². The number of fused-ring (bicyclic) bond motifs is 6. The summed E-state index contributed by atoms with van der Waals surface area (Å²) in [4.78, 5) is 15.2. The largest absolute Gasteiger partial charge is 0.256 e. The standard InChI is InChI=1S/C51H39N3/c1-50(2)42-18-10-8-15-38(42)40-26-24-35(29-44(40)50)47-31-46(53-49(54-47)34-13-6-5-7-14-34)33-22-20-32(21-23-33)37-17-12-28-52-48(37)36-25-27-41-39-16-9-11-19-43(39)51(3,4)45(41)30-36/h5-31H,1-4H3. The molecule has 3 nitrogen and oxygen atoms in total. The van der Waals surface area contributed by atoms with Crippen LogP contribution in [0.4, 0.5) is 0 Å². The molecule has 258 valence electrons. The highest BCUT2D eigenvalue weighted by molar-refractivity contribution is 5.88. The summed E-state index contributed by atoms with van der Waals surface area (Å²) in [6, 6.07) is 56.6. The highest BCUT2D eigenvalue weighted by Gasteiger charge is 2.36. The summed E-state index contributed by atoms with van der Waals surface area (Å²) < 4.78 is 0. The van der Waals surface area contributed by atoms with Gasteiger partial charge in [-0.05, 0) is 74.3 Å². The molecule has 0 unspecified atom stereocenters. The molecule has 0 spiro atoms. The molecule has 0 N–H and O–H groups in total. The average molecular weight is 694 g/mol. The molecule has 0 radical (unpaired) electrons. The van der Waals surface area contributed by atoms with Crippen LogP contribution in [0.1, 0.15) is 49.9 Å². The second kappa shape index (κ2) is 12.0. The fourth-order valence-corrected chi connectivity index (χ4v) is 8.86. The van der Waals surface area contributed by atoms with Crippen molar-refractivity contribution < 1.29 is 0 Å². The van der Waals surface area contributed by atoms with Crippen molar-refractivity contribution >= 4 is 0 Å². The van der Waals surface area contributed by atoms with E-state index in [1.165, 1.54) is 44.5 Å². The first-order chi connectivity index (χ1) is 26.3.